The van der Waals surface area contributed by atoms with E-state index in [2.05, 4.69) is 11.4 Å². The summed E-state index contributed by atoms with van der Waals surface area (Å²) >= 11 is 0. The van der Waals surface area contributed by atoms with Crippen LogP contribution < -0.4 is 10.1 Å². The molecule has 0 spiro atoms. The summed E-state index contributed by atoms with van der Waals surface area (Å²) in [6.07, 6.45) is 2.56. The fraction of sp³-hybridized carbons (Fsp3) is 0.600. The number of aliphatic hydroxyl groups is 1. The van der Waals surface area contributed by atoms with Gasteiger partial charge in [-0.25, -0.2) is 0 Å². The van der Waals surface area contributed by atoms with Crippen LogP contribution in [0.2, 0.25) is 0 Å². The number of methoxy groups -OCH3 is 1. The van der Waals surface area contributed by atoms with Crippen molar-refractivity contribution in [2.75, 3.05) is 20.2 Å². The van der Waals surface area contributed by atoms with Gasteiger partial charge in [0.05, 0.1) is 13.2 Å². The highest BCUT2D eigenvalue weighted by molar-refractivity contribution is 5.41. The lowest BCUT2D eigenvalue weighted by molar-refractivity contribution is 0.0884. The third kappa shape index (κ3) is 3.03. The maximum absolute atomic E-state index is 10.4. The normalized spacial score (nSPS) is 18.6. The summed E-state index contributed by atoms with van der Waals surface area (Å²) in [4.78, 5) is 0. The first-order valence-corrected chi connectivity index (χ1v) is 6.73. The molecule has 0 aromatic heterocycles. The van der Waals surface area contributed by atoms with Gasteiger partial charge in [0, 0.05) is 6.42 Å². The monoisotopic (exact) mass is 249 g/mol. The summed E-state index contributed by atoms with van der Waals surface area (Å²) < 4.78 is 5.44. The lowest BCUT2D eigenvalue weighted by Gasteiger charge is -2.27. The van der Waals surface area contributed by atoms with Gasteiger partial charge in [0.25, 0.3) is 0 Å². The van der Waals surface area contributed by atoms with Crippen molar-refractivity contribution in [2.24, 2.45) is 5.92 Å². The van der Waals surface area contributed by atoms with Gasteiger partial charge in [0.2, 0.25) is 0 Å². The van der Waals surface area contributed by atoms with E-state index in [9.17, 15) is 5.11 Å². The highest BCUT2D eigenvalue weighted by Crippen LogP contribution is 2.27. The number of hydrogen-bond donors (Lipinski definition) is 2. The van der Waals surface area contributed by atoms with E-state index in [1.165, 1.54) is 0 Å². The molecule has 0 radical (unpaired) electrons. The van der Waals surface area contributed by atoms with Crippen molar-refractivity contribution in [1.29, 1.82) is 0 Å². The van der Waals surface area contributed by atoms with Crippen LogP contribution in [0.5, 0.6) is 5.75 Å². The van der Waals surface area contributed by atoms with Crippen LogP contribution in [0.1, 0.15) is 24.0 Å². The third-order valence-electron chi connectivity index (χ3n) is 3.85. The van der Waals surface area contributed by atoms with Crippen molar-refractivity contribution in [3.05, 3.63) is 29.3 Å². The Morgan fingerprint density at radius 2 is 2.11 bits per heavy atom. The van der Waals surface area contributed by atoms with E-state index in [4.69, 9.17) is 4.74 Å². The largest absolute Gasteiger partial charge is 0.496 e. The van der Waals surface area contributed by atoms with Crippen LogP contribution in [0.25, 0.3) is 0 Å². The summed E-state index contributed by atoms with van der Waals surface area (Å²) in [5, 5.41) is 13.7. The zero-order valence-corrected chi connectivity index (χ0v) is 11.3. The molecule has 0 bridgehead atoms. The predicted molar refractivity (Wildman–Crippen MR) is 73.0 cm³/mol. The molecule has 1 heterocycles. The lowest BCUT2D eigenvalue weighted by atomic mass is 9.88. The Morgan fingerprint density at radius 3 is 2.78 bits per heavy atom. The molecule has 1 fully saturated rings. The van der Waals surface area contributed by atoms with Crippen LogP contribution in [0.15, 0.2) is 18.2 Å². The summed E-state index contributed by atoms with van der Waals surface area (Å²) in [7, 11) is 1.70. The second-order valence-electron chi connectivity index (χ2n) is 5.13. The first kappa shape index (κ1) is 13.4. The Hall–Kier alpha value is -1.06. The zero-order valence-electron chi connectivity index (χ0n) is 11.3. The molecule has 1 aliphatic heterocycles. The Balaban J connectivity index is 2.06. The summed E-state index contributed by atoms with van der Waals surface area (Å²) in [6, 6.07) is 6.12. The fourth-order valence-electron chi connectivity index (χ4n) is 2.79. The van der Waals surface area contributed by atoms with Crippen LogP contribution in [0, 0.1) is 12.8 Å². The molecule has 2 N–H and O–H groups in total. The minimum atomic E-state index is -0.261. The highest BCUT2D eigenvalue weighted by atomic mass is 16.5. The van der Waals surface area contributed by atoms with E-state index in [0.29, 0.717) is 12.3 Å². The molecule has 1 atom stereocenters. The maximum Gasteiger partial charge on any atom is 0.125 e. The van der Waals surface area contributed by atoms with Crippen LogP contribution in [0.3, 0.4) is 0 Å². The van der Waals surface area contributed by atoms with E-state index in [-0.39, 0.29) is 6.10 Å². The van der Waals surface area contributed by atoms with Gasteiger partial charge in [0.15, 0.2) is 0 Å². The lowest BCUT2D eigenvalue weighted by Crippen LogP contribution is -2.35. The highest BCUT2D eigenvalue weighted by Gasteiger charge is 2.22. The SMILES string of the molecule is COc1c(C)cccc1C[C@H](O)C1CCNCC1. The van der Waals surface area contributed by atoms with E-state index < -0.39 is 0 Å². The summed E-state index contributed by atoms with van der Waals surface area (Å²) in [5.74, 6) is 1.34. The molecule has 3 nitrogen and oxygen atoms in total. The van der Waals surface area contributed by atoms with E-state index in [1.54, 1.807) is 7.11 Å². The van der Waals surface area contributed by atoms with Gasteiger partial charge in [-0.1, -0.05) is 18.2 Å². The van der Waals surface area contributed by atoms with Gasteiger partial charge < -0.3 is 15.2 Å². The Bertz CT molecular complexity index is 386. The number of para-hydroxylation sites is 1. The number of benzene rings is 1. The molecule has 0 aliphatic carbocycles. The summed E-state index contributed by atoms with van der Waals surface area (Å²) in [6.45, 7) is 4.08. The molecule has 100 valence electrons. The molecule has 0 amide bonds. The standard InChI is InChI=1S/C15H23NO2/c1-11-4-3-5-13(15(11)18-2)10-14(17)12-6-8-16-9-7-12/h3-5,12,14,16-17H,6-10H2,1-2H3/t14-/m0/s1. The number of hydrogen-bond acceptors (Lipinski definition) is 3. The van der Waals surface area contributed by atoms with Gasteiger partial charge in [-0.15, -0.1) is 0 Å². The van der Waals surface area contributed by atoms with Gasteiger partial charge in [-0.2, -0.15) is 0 Å². The Labute approximate surface area is 109 Å². The average Bonchev–Trinajstić information content (AvgIpc) is 2.40. The maximum atomic E-state index is 10.4. The molecule has 1 aromatic carbocycles. The van der Waals surface area contributed by atoms with Crippen molar-refractivity contribution in [3.8, 4) is 5.75 Å². The molecule has 0 saturated carbocycles. The second kappa shape index (κ2) is 6.21. The number of ether oxygens (including phenoxy) is 1. The minimum Gasteiger partial charge on any atom is -0.496 e. The van der Waals surface area contributed by atoms with Crippen molar-refractivity contribution >= 4 is 0 Å². The second-order valence-corrected chi connectivity index (χ2v) is 5.13. The smallest absolute Gasteiger partial charge is 0.125 e. The topological polar surface area (TPSA) is 41.5 Å². The third-order valence-corrected chi connectivity index (χ3v) is 3.85. The Morgan fingerprint density at radius 1 is 1.39 bits per heavy atom. The zero-order chi connectivity index (χ0) is 13.0. The van der Waals surface area contributed by atoms with Crippen molar-refractivity contribution in [1.82, 2.24) is 5.32 Å². The number of aliphatic hydroxyl groups excluding tert-OH is 1. The first-order valence-electron chi connectivity index (χ1n) is 6.73. The fourth-order valence-corrected chi connectivity index (χ4v) is 2.79. The first-order chi connectivity index (χ1) is 8.72. The van der Waals surface area contributed by atoms with Crippen molar-refractivity contribution in [2.45, 2.75) is 32.3 Å². The molecular weight excluding hydrogens is 226 g/mol. The molecule has 0 unspecified atom stereocenters. The van der Waals surface area contributed by atoms with E-state index >= 15 is 0 Å². The van der Waals surface area contributed by atoms with E-state index in [1.807, 2.05) is 19.1 Å². The van der Waals surface area contributed by atoms with Gasteiger partial charge in [0.1, 0.15) is 5.75 Å². The van der Waals surface area contributed by atoms with Crippen LogP contribution >= 0.6 is 0 Å². The van der Waals surface area contributed by atoms with Crippen molar-refractivity contribution in [3.63, 3.8) is 0 Å². The molecule has 2 rings (SSSR count). The number of nitrogens with one attached hydrogen (secondary N) is 1. The Kier molecular flexibility index (Phi) is 4.61. The molecule has 3 heteroatoms. The molecule has 1 aromatic rings. The van der Waals surface area contributed by atoms with Gasteiger partial charge in [-0.05, 0) is 49.9 Å². The number of aryl methyl sites for hydroxylation is 1. The molecule has 18 heavy (non-hydrogen) atoms. The average molecular weight is 249 g/mol. The van der Waals surface area contributed by atoms with E-state index in [0.717, 1.165) is 42.8 Å². The molecule has 1 saturated heterocycles. The van der Waals surface area contributed by atoms with Crippen LogP contribution in [0.4, 0.5) is 0 Å². The van der Waals surface area contributed by atoms with Gasteiger partial charge >= 0.3 is 0 Å². The minimum absolute atomic E-state index is 0.261. The quantitative estimate of drug-likeness (QED) is 0.856. The van der Waals surface area contributed by atoms with Crippen molar-refractivity contribution < 1.29 is 9.84 Å². The molecular formula is C15H23NO2. The summed E-state index contributed by atoms with van der Waals surface area (Å²) in [5.41, 5.74) is 2.25. The van der Waals surface area contributed by atoms with Crippen LogP contribution in [-0.4, -0.2) is 31.4 Å². The molecule has 1 aliphatic rings. The number of rotatable bonds is 4. The number of piperidine rings is 1. The van der Waals surface area contributed by atoms with Gasteiger partial charge in [-0.3, -0.25) is 0 Å². The predicted octanol–water partition coefficient (Wildman–Crippen LogP) is 1.91. The van der Waals surface area contributed by atoms with Crippen LogP contribution in [-0.2, 0) is 6.42 Å².